The Morgan fingerprint density at radius 3 is 2.33 bits per heavy atom. The van der Waals surface area contributed by atoms with Crippen LogP contribution in [0.1, 0.15) is 5.56 Å². The van der Waals surface area contributed by atoms with Crippen LogP contribution in [0.2, 0.25) is 0 Å². The lowest BCUT2D eigenvalue weighted by Gasteiger charge is -2.15. The van der Waals surface area contributed by atoms with Crippen molar-refractivity contribution in [3.63, 3.8) is 0 Å². The van der Waals surface area contributed by atoms with Crippen molar-refractivity contribution in [1.29, 1.82) is 10.5 Å². The third-order valence-corrected chi connectivity index (χ3v) is 3.93. The van der Waals surface area contributed by atoms with Gasteiger partial charge in [-0.15, -0.1) is 0 Å². The summed E-state index contributed by atoms with van der Waals surface area (Å²) in [7, 11) is -3.68. The molecule has 0 heterocycles. The van der Waals surface area contributed by atoms with Crippen molar-refractivity contribution in [1.82, 2.24) is 4.31 Å². The van der Waals surface area contributed by atoms with Crippen molar-refractivity contribution in [2.24, 2.45) is 0 Å². The lowest BCUT2D eigenvalue weighted by atomic mass is 10.2. The summed E-state index contributed by atoms with van der Waals surface area (Å²) in [5.41, 5.74) is 6.55. The van der Waals surface area contributed by atoms with Gasteiger partial charge < -0.3 is 5.73 Å². The Morgan fingerprint density at radius 1 is 1.22 bits per heavy atom. The number of hydrogen-bond acceptors (Lipinski definition) is 5. The second-order valence-corrected chi connectivity index (χ2v) is 5.55. The monoisotopic (exact) mass is 264 g/mol. The Balaban J connectivity index is 2.93. The molecule has 0 radical (unpaired) electrons. The number of nitrogens with zero attached hydrogens (tertiary/aromatic N) is 3. The average molecular weight is 264 g/mol. The van der Waals surface area contributed by atoms with Crippen molar-refractivity contribution in [3.05, 3.63) is 29.8 Å². The Kier molecular flexibility index (Phi) is 4.67. The zero-order valence-electron chi connectivity index (χ0n) is 9.57. The quantitative estimate of drug-likeness (QED) is 0.613. The molecule has 0 amide bonds. The van der Waals surface area contributed by atoms with E-state index in [-0.39, 0.29) is 18.8 Å². The van der Waals surface area contributed by atoms with E-state index < -0.39 is 10.0 Å². The van der Waals surface area contributed by atoms with Crippen LogP contribution in [0.25, 0.3) is 0 Å². The van der Waals surface area contributed by atoms with Crippen LogP contribution in [-0.2, 0) is 15.8 Å². The van der Waals surface area contributed by atoms with Crippen LogP contribution in [0.15, 0.2) is 24.3 Å². The predicted molar refractivity (Wildman–Crippen MR) is 66.3 cm³/mol. The number of nitrogen functional groups attached to an aromatic ring is 1. The van der Waals surface area contributed by atoms with Gasteiger partial charge in [0, 0.05) is 5.69 Å². The van der Waals surface area contributed by atoms with E-state index in [1.165, 1.54) is 0 Å². The van der Waals surface area contributed by atoms with Crippen molar-refractivity contribution < 1.29 is 8.42 Å². The maximum absolute atomic E-state index is 12.0. The average Bonchev–Trinajstić information content (AvgIpc) is 2.28. The number of nitriles is 2. The molecule has 0 unspecified atom stereocenters. The summed E-state index contributed by atoms with van der Waals surface area (Å²) in [6, 6.07) is 9.94. The largest absolute Gasteiger partial charge is 0.399 e. The van der Waals surface area contributed by atoms with Gasteiger partial charge in [-0.2, -0.15) is 14.8 Å². The van der Waals surface area contributed by atoms with E-state index in [1.54, 1.807) is 36.4 Å². The minimum atomic E-state index is -3.68. The van der Waals surface area contributed by atoms with Gasteiger partial charge in [-0.25, -0.2) is 8.42 Å². The van der Waals surface area contributed by atoms with E-state index in [0.717, 1.165) is 4.31 Å². The minimum Gasteiger partial charge on any atom is -0.399 e. The van der Waals surface area contributed by atoms with Crippen molar-refractivity contribution in [2.75, 3.05) is 18.8 Å². The highest BCUT2D eigenvalue weighted by molar-refractivity contribution is 7.88. The highest BCUT2D eigenvalue weighted by Crippen LogP contribution is 2.13. The molecule has 94 valence electrons. The fourth-order valence-corrected chi connectivity index (χ4v) is 2.69. The number of hydrogen-bond donors (Lipinski definition) is 1. The van der Waals surface area contributed by atoms with E-state index in [4.69, 9.17) is 16.3 Å². The Bertz CT molecular complexity index is 582. The van der Waals surface area contributed by atoms with Gasteiger partial charge in [-0.1, -0.05) is 12.1 Å². The first-order valence-corrected chi connectivity index (χ1v) is 6.66. The Labute approximate surface area is 106 Å². The van der Waals surface area contributed by atoms with Gasteiger partial charge in [0.15, 0.2) is 0 Å². The second-order valence-electron chi connectivity index (χ2n) is 3.59. The molecule has 0 aliphatic rings. The van der Waals surface area contributed by atoms with Gasteiger partial charge in [0.2, 0.25) is 10.0 Å². The van der Waals surface area contributed by atoms with Crippen LogP contribution in [0.3, 0.4) is 0 Å². The second kappa shape index (κ2) is 6.01. The molecule has 0 bridgehead atoms. The first-order chi connectivity index (χ1) is 8.49. The summed E-state index contributed by atoms with van der Waals surface area (Å²) in [6.45, 7) is -0.670. The van der Waals surface area contributed by atoms with Crippen LogP contribution >= 0.6 is 0 Å². The van der Waals surface area contributed by atoms with Gasteiger partial charge in [-0.3, -0.25) is 0 Å². The summed E-state index contributed by atoms with van der Waals surface area (Å²) in [5, 5.41) is 17.1. The Morgan fingerprint density at radius 2 is 1.83 bits per heavy atom. The van der Waals surface area contributed by atoms with Gasteiger partial charge in [-0.05, 0) is 17.7 Å². The molecule has 7 heteroatoms. The van der Waals surface area contributed by atoms with E-state index in [0.29, 0.717) is 11.3 Å². The molecule has 0 aliphatic heterocycles. The first kappa shape index (κ1) is 14.0. The van der Waals surface area contributed by atoms with E-state index in [1.807, 2.05) is 0 Å². The van der Waals surface area contributed by atoms with Crippen molar-refractivity contribution in [3.8, 4) is 12.1 Å². The van der Waals surface area contributed by atoms with Crippen LogP contribution in [0, 0.1) is 22.7 Å². The summed E-state index contributed by atoms with van der Waals surface area (Å²) in [6.07, 6.45) is 0. The third kappa shape index (κ3) is 3.74. The molecule has 0 spiro atoms. The number of anilines is 1. The molecule has 1 aromatic carbocycles. The predicted octanol–water partition coefficient (Wildman–Crippen LogP) is 0.448. The number of sulfonamides is 1. The van der Waals surface area contributed by atoms with E-state index in [9.17, 15) is 8.42 Å². The molecule has 18 heavy (non-hydrogen) atoms. The van der Waals surface area contributed by atoms with E-state index >= 15 is 0 Å². The molecule has 6 nitrogen and oxygen atoms in total. The fraction of sp³-hybridized carbons (Fsp3) is 0.273. The Hall–Kier alpha value is -2.09. The molecule has 1 aromatic rings. The van der Waals surface area contributed by atoms with Gasteiger partial charge in [0.05, 0.1) is 17.9 Å². The number of nitrogens with two attached hydrogens (primary N) is 1. The molecule has 2 N–H and O–H groups in total. The highest BCUT2D eigenvalue weighted by atomic mass is 32.2. The normalized spacial score (nSPS) is 10.8. The SMILES string of the molecule is N#CCN(CC#N)S(=O)(=O)Cc1cccc(N)c1. The standard InChI is InChI=1S/C11H12N4O2S/c12-4-6-15(7-5-13)18(16,17)9-10-2-1-3-11(14)8-10/h1-3,8H,6-7,9,14H2. The zero-order chi connectivity index (χ0) is 13.6. The molecule has 0 atom stereocenters. The molecule has 0 fully saturated rings. The third-order valence-electron chi connectivity index (χ3n) is 2.19. The molecule has 1 rings (SSSR count). The maximum atomic E-state index is 12.0. The molecule has 0 aliphatic carbocycles. The van der Waals surface area contributed by atoms with Crippen LogP contribution in [0.5, 0.6) is 0 Å². The molecule has 0 saturated heterocycles. The molecule has 0 saturated carbocycles. The number of rotatable bonds is 5. The zero-order valence-corrected chi connectivity index (χ0v) is 10.4. The van der Waals surface area contributed by atoms with E-state index in [2.05, 4.69) is 0 Å². The van der Waals surface area contributed by atoms with Gasteiger partial charge >= 0.3 is 0 Å². The van der Waals surface area contributed by atoms with Crippen molar-refractivity contribution >= 4 is 15.7 Å². The fourth-order valence-electron chi connectivity index (χ4n) is 1.40. The lowest BCUT2D eigenvalue weighted by molar-refractivity contribution is 0.478. The highest BCUT2D eigenvalue weighted by Gasteiger charge is 2.22. The van der Waals surface area contributed by atoms with Crippen molar-refractivity contribution in [2.45, 2.75) is 5.75 Å². The first-order valence-electron chi connectivity index (χ1n) is 5.05. The van der Waals surface area contributed by atoms with Gasteiger partial charge in [0.1, 0.15) is 13.1 Å². The minimum absolute atomic E-state index is 0.276. The molecular weight excluding hydrogens is 252 g/mol. The summed E-state index contributed by atoms with van der Waals surface area (Å²) in [5.74, 6) is -0.276. The van der Waals surface area contributed by atoms with Crippen LogP contribution in [0.4, 0.5) is 5.69 Å². The van der Waals surface area contributed by atoms with Gasteiger partial charge in [0.25, 0.3) is 0 Å². The number of benzene rings is 1. The topological polar surface area (TPSA) is 111 Å². The summed E-state index contributed by atoms with van der Waals surface area (Å²) >= 11 is 0. The molecule has 0 aromatic heterocycles. The summed E-state index contributed by atoms with van der Waals surface area (Å²) in [4.78, 5) is 0. The molecular formula is C11H12N4O2S. The maximum Gasteiger partial charge on any atom is 0.220 e. The van der Waals surface area contributed by atoms with Crippen LogP contribution in [-0.4, -0.2) is 25.8 Å². The lowest BCUT2D eigenvalue weighted by Crippen LogP contribution is -2.32. The smallest absolute Gasteiger partial charge is 0.220 e. The summed E-state index contributed by atoms with van der Waals surface area (Å²) < 4.78 is 24.8. The van der Waals surface area contributed by atoms with Crippen LogP contribution < -0.4 is 5.73 Å².